The van der Waals surface area contributed by atoms with E-state index >= 15 is 0 Å². The van der Waals surface area contributed by atoms with E-state index < -0.39 is 5.54 Å². The van der Waals surface area contributed by atoms with Crippen molar-refractivity contribution in [2.24, 2.45) is 5.73 Å². The van der Waals surface area contributed by atoms with Crippen LogP contribution in [0.25, 0.3) is 0 Å². The number of pyridine rings is 1. The number of nitrogens with zero attached hydrogens (tertiary/aromatic N) is 1. The first-order valence-corrected chi connectivity index (χ1v) is 3.48. The third-order valence-electron chi connectivity index (χ3n) is 1.58. The summed E-state index contributed by atoms with van der Waals surface area (Å²) in [6.45, 7) is 1.65. The van der Waals surface area contributed by atoms with Gasteiger partial charge in [-0.1, -0.05) is 6.07 Å². The predicted molar refractivity (Wildman–Crippen MR) is 42.9 cm³/mol. The highest BCUT2D eigenvalue weighted by atomic mass is 16.3. The monoisotopic (exact) mass is 152 g/mol. The van der Waals surface area contributed by atoms with E-state index in [1.807, 2.05) is 12.1 Å². The molecule has 0 aliphatic carbocycles. The van der Waals surface area contributed by atoms with E-state index in [4.69, 9.17) is 10.8 Å². The Labute approximate surface area is 65.9 Å². The van der Waals surface area contributed by atoms with E-state index in [2.05, 4.69) is 4.98 Å². The van der Waals surface area contributed by atoms with Crippen molar-refractivity contribution in [2.45, 2.75) is 12.5 Å². The second-order valence-electron chi connectivity index (χ2n) is 2.79. The molecule has 1 heterocycles. The van der Waals surface area contributed by atoms with E-state index in [-0.39, 0.29) is 6.61 Å². The molecule has 0 fully saturated rings. The van der Waals surface area contributed by atoms with Gasteiger partial charge in [-0.2, -0.15) is 0 Å². The van der Waals surface area contributed by atoms with Gasteiger partial charge >= 0.3 is 0 Å². The molecule has 0 saturated heterocycles. The van der Waals surface area contributed by atoms with Crippen molar-refractivity contribution in [3.05, 3.63) is 30.1 Å². The average molecular weight is 152 g/mol. The van der Waals surface area contributed by atoms with Gasteiger partial charge in [0, 0.05) is 6.20 Å². The zero-order valence-corrected chi connectivity index (χ0v) is 6.49. The molecule has 1 aromatic rings. The van der Waals surface area contributed by atoms with Crippen LogP contribution < -0.4 is 5.73 Å². The highest BCUT2D eigenvalue weighted by Crippen LogP contribution is 2.12. The maximum atomic E-state index is 8.88. The molecular formula is C8H12N2O. The largest absolute Gasteiger partial charge is 0.394 e. The van der Waals surface area contributed by atoms with Crippen LogP contribution in [0.2, 0.25) is 0 Å². The molecule has 0 radical (unpaired) electrons. The Kier molecular flexibility index (Phi) is 2.22. The topological polar surface area (TPSA) is 59.1 Å². The van der Waals surface area contributed by atoms with Crippen LogP contribution >= 0.6 is 0 Å². The van der Waals surface area contributed by atoms with Crippen molar-refractivity contribution in [3.8, 4) is 0 Å². The lowest BCUT2D eigenvalue weighted by Crippen LogP contribution is -2.37. The second-order valence-corrected chi connectivity index (χ2v) is 2.79. The van der Waals surface area contributed by atoms with Gasteiger partial charge in [0.15, 0.2) is 0 Å². The van der Waals surface area contributed by atoms with Crippen molar-refractivity contribution in [1.82, 2.24) is 4.98 Å². The first-order valence-electron chi connectivity index (χ1n) is 3.48. The Balaban J connectivity index is 2.93. The average Bonchev–Trinajstić information content (AvgIpc) is 2.06. The van der Waals surface area contributed by atoms with Gasteiger partial charge in [0.1, 0.15) is 0 Å². The molecule has 0 aliphatic rings. The second kappa shape index (κ2) is 2.98. The number of hydrogen-bond donors (Lipinski definition) is 2. The van der Waals surface area contributed by atoms with Crippen LogP contribution in [-0.2, 0) is 5.54 Å². The van der Waals surface area contributed by atoms with Crippen LogP contribution in [0.15, 0.2) is 24.4 Å². The van der Waals surface area contributed by atoms with Crippen molar-refractivity contribution in [2.75, 3.05) is 6.61 Å². The van der Waals surface area contributed by atoms with Gasteiger partial charge < -0.3 is 10.8 Å². The number of hydrogen-bond acceptors (Lipinski definition) is 3. The number of rotatable bonds is 2. The highest BCUT2D eigenvalue weighted by molar-refractivity contribution is 5.13. The molecule has 1 aromatic heterocycles. The lowest BCUT2D eigenvalue weighted by molar-refractivity contribution is 0.207. The Morgan fingerprint density at radius 2 is 2.36 bits per heavy atom. The van der Waals surface area contributed by atoms with Gasteiger partial charge in [-0.25, -0.2) is 0 Å². The summed E-state index contributed by atoms with van der Waals surface area (Å²) in [7, 11) is 0. The summed E-state index contributed by atoms with van der Waals surface area (Å²) in [5, 5.41) is 8.88. The highest BCUT2D eigenvalue weighted by Gasteiger charge is 2.20. The molecular weight excluding hydrogens is 140 g/mol. The fourth-order valence-electron chi connectivity index (χ4n) is 0.782. The number of aliphatic hydroxyl groups excluding tert-OH is 1. The number of nitrogens with two attached hydrogens (primary N) is 1. The molecule has 0 aromatic carbocycles. The third kappa shape index (κ3) is 1.76. The van der Waals surface area contributed by atoms with Crippen LogP contribution in [-0.4, -0.2) is 16.7 Å². The first-order chi connectivity index (χ1) is 5.17. The van der Waals surface area contributed by atoms with Crippen molar-refractivity contribution in [3.63, 3.8) is 0 Å². The zero-order valence-electron chi connectivity index (χ0n) is 6.49. The minimum absolute atomic E-state index is 0.0932. The van der Waals surface area contributed by atoms with Crippen LogP contribution in [0.1, 0.15) is 12.6 Å². The smallest absolute Gasteiger partial charge is 0.0789 e. The van der Waals surface area contributed by atoms with Gasteiger partial charge in [-0.05, 0) is 19.1 Å². The maximum absolute atomic E-state index is 8.88. The summed E-state index contributed by atoms with van der Waals surface area (Å²) in [5.74, 6) is 0. The van der Waals surface area contributed by atoms with Crippen molar-refractivity contribution in [1.29, 1.82) is 0 Å². The Bertz CT molecular complexity index is 221. The summed E-state index contributed by atoms with van der Waals surface area (Å²) in [6.07, 6.45) is 1.66. The van der Waals surface area contributed by atoms with Crippen LogP contribution in [0.5, 0.6) is 0 Å². The molecule has 1 rings (SSSR count). The summed E-state index contributed by atoms with van der Waals surface area (Å²) in [4.78, 5) is 4.04. The van der Waals surface area contributed by atoms with E-state index in [0.717, 1.165) is 0 Å². The molecule has 0 saturated carbocycles. The maximum Gasteiger partial charge on any atom is 0.0789 e. The molecule has 1 atom stereocenters. The molecule has 0 amide bonds. The quantitative estimate of drug-likeness (QED) is 0.638. The fourth-order valence-corrected chi connectivity index (χ4v) is 0.782. The SMILES string of the molecule is C[C@@](N)(CO)c1ccccn1. The third-order valence-corrected chi connectivity index (χ3v) is 1.58. The van der Waals surface area contributed by atoms with E-state index in [1.54, 1.807) is 19.2 Å². The molecule has 3 heteroatoms. The summed E-state index contributed by atoms with van der Waals surface area (Å²) < 4.78 is 0. The summed E-state index contributed by atoms with van der Waals surface area (Å²) >= 11 is 0. The van der Waals surface area contributed by atoms with Gasteiger partial charge in [-0.3, -0.25) is 4.98 Å². The lowest BCUT2D eigenvalue weighted by Gasteiger charge is -2.20. The molecule has 11 heavy (non-hydrogen) atoms. The Hall–Kier alpha value is -0.930. The van der Waals surface area contributed by atoms with Gasteiger partial charge in [0.2, 0.25) is 0 Å². The van der Waals surface area contributed by atoms with E-state index in [0.29, 0.717) is 5.69 Å². The molecule has 0 spiro atoms. The minimum atomic E-state index is -0.721. The molecule has 3 nitrogen and oxygen atoms in total. The first kappa shape index (κ1) is 8.17. The van der Waals surface area contributed by atoms with Gasteiger partial charge in [-0.15, -0.1) is 0 Å². The summed E-state index contributed by atoms with van der Waals surface area (Å²) in [6, 6.07) is 5.47. The van der Waals surface area contributed by atoms with E-state index in [1.165, 1.54) is 0 Å². The van der Waals surface area contributed by atoms with Crippen LogP contribution in [0.3, 0.4) is 0 Å². The fraction of sp³-hybridized carbons (Fsp3) is 0.375. The van der Waals surface area contributed by atoms with Crippen LogP contribution in [0.4, 0.5) is 0 Å². The zero-order chi connectivity index (χ0) is 8.32. The molecule has 3 N–H and O–H groups in total. The normalized spacial score (nSPS) is 15.9. The van der Waals surface area contributed by atoms with Crippen LogP contribution in [0, 0.1) is 0 Å². The number of aromatic nitrogens is 1. The lowest BCUT2D eigenvalue weighted by atomic mass is 10.0. The molecule has 0 unspecified atom stereocenters. The number of aliphatic hydroxyl groups is 1. The standard InChI is InChI=1S/C8H12N2O/c1-8(9,6-11)7-4-2-3-5-10-7/h2-5,11H,6,9H2,1H3/t8-/m1/s1. The Morgan fingerprint density at radius 1 is 1.64 bits per heavy atom. The van der Waals surface area contributed by atoms with Crippen molar-refractivity contribution < 1.29 is 5.11 Å². The van der Waals surface area contributed by atoms with Crippen molar-refractivity contribution >= 4 is 0 Å². The molecule has 0 aliphatic heterocycles. The predicted octanol–water partition coefficient (Wildman–Crippen LogP) is 0.248. The Morgan fingerprint density at radius 3 is 2.82 bits per heavy atom. The van der Waals surface area contributed by atoms with Gasteiger partial charge in [0.25, 0.3) is 0 Å². The molecule has 0 bridgehead atoms. The van der Waals surface area contributed by atoms with E-state index in [9.17, 15) is 0 Å². The molecule has 60 valence electrons. The minimum Gasteiger partial charge on any atom is -0.394 e. The van der Waals surface area contributed by atoms with Gasteiger partial charge in [0.05, 0.1) is 17.8 Å². The summed E-state index contributed by atoms with van der Waals surface area (Å²) in [5.41, 5.74) is 5.71.